The molecule has 1 N–H and O–H groups in total. The molecule has 1 aromatic rings. The summed E-state index contributed by atoms with van der Waals surface area (Å²) in [4.78, 5) is 14.8. The first-order valence-corrected chi connectivity index (χ1v) is 8.90. The maximum Gasteiger partial charge on any atom is 0.263 e. The first kappa shape index (κ1) is 18.4. The molecule has 1 amide bonds. The maximum atomic E-state index is 12.8. The maximum absolute atomic E-state index is 12.8. The molecule has 1 fully saturated rings. The van der Waals surface area contributed by atoms with Gasteiger partial charge in [0.05, 0.1) is 0 Å². The number of nitrogens with zero attached hydrogens (tertiary/aromatic N) is 1. The number of halogens is 2. The van der Waals surface area contributed by atoms with Crippen molar-refractivity contribution in [2.24, 2.45) is 0 Å². The van der Waals surface area contributed by atoms with Gasteiger partial charge in [0.1, 0.15) is 5.75 Å². The topological polar surface area (TPSA) is 41.6 Å². The highest BCUT2D eigenvalue weighted by molar-refractivity contribution is 6.34. The van der Waals surface area contributed by atoms with Crippen LogP contribution >= 0.6 is 23.2 Å². The molecular formula is C17H24Cl2N2O2. The summed E-state index contributed by atoms with van der Waals surface area (Å²) in [5.74, 6) is 0.542. The van der Waals surface area contributed by atoms with E-state index in [1.807, 2.05) is 4.90 Å². The van der Waals surface area contributed by atoms with Crippen LogP contribution in [0.4, 0.5) is 0 Å². The number of ether oxygens (including phenoxy) is 1. The Morgan fingerprint density at radius 2 is 1.91 bits per heavy atom. The molecule has 128 valence electrons. The smallest absolute Gasteiger partial charge is 0.263 e. The summed E-state index contributed by atoms with van der Waals surface area (Å²) in [6.45, 7) is 6.53. The van der Waals surface area contributed by atoms with Gasteiger partial charge in [-0.15, -0.1) is 0 Å². The van der Waals surface area contributed by atoms with E-state index in [4.69, 9.17) is 27.9 Å². The van der Waals surface area contributed by atoms with Crippen molar-refractivity contribution in [1.82, 2.24) is 10.2 Å². The summed E-state index contributed by atoms with van der Waals surface area (Å²) in [5, 5.41) is 4.33. The van der Waals surface area contributed by atoms with Gasteiger partial charge >= 0.3 is 0 Å². The van der Waals surface area contributed by atoms with Gasteiger partial charge in [-0.1, -0.05) is 30.1 Å². The number of benzene rings is 1. The van der Waals surface area contributed by atoms with Crippen LogP contribution in [0.2, 0.25) is 10.0 Å². The number of hydrogen-bond donors (Lipinski definition) is 1. The molecular weight excluding hydrogens is 335 g/mol. The van der Waals surface area contributed by atoms with Crippen LogP contribution in [0.5, 0.6) is 5.75 Å². The SMILES string of the molecule is CCCN(C(=O)C(C)Oc1cc(Cl)cc(Cl)c1)C1CCNCC1. The van der Waals surface area contributed by atoms with Crippen molar-refractivity contribution in [3.63, 3.8) is 0 Å². The highest BCUT2D eigenvalue weighted by Crippen LogP contribution is 2.25. The Hall–Kier alpha value is -0.970. The third-order valence-corrected chi connectivity index (χ3v) is 4.43. The van der Waals surface area contributed by atoms with E-state index in [1.54, 1.807) is 25.1 Å². The molecule has 1 atom stereocenters. The summed E-state index contributed by atoms with van der Waals surface area (Å²) in [7, 11) is 0. The molecule has 0 bridgehead atoms. The van der Waals surface area contributed by atoms with E-state index in [0.717, 1.165) is 38.9 Å². The molecule has 0 saturated carbocycles. The lowest BCUT2D eigenvalue weighted by Gasteiger charge is -2.36. The van der Waals surface area contributed by atoms with Gasteiger partial charge in [-0.05, 0) is 57.5 Å². The fourth-order valence-electron chi connectivity index (χ4n) is 2.92. The molecule has 1 aliphatic rings. The fraction of sp³-hybridized carbons (Fsp3) is 0.588. The average Bonchev–Trinajstić information content (AvgIpc) is 2.51. The summed E-state index contributed by atoms with van der Waals surface area (Å²) in [6.07, 6.45) is 2.35. The Morgan fingerprint density at radius 1 is 1.30 bits per heavy atom. The highest BCUT2D eigenvalue weighted by Gasteiger charge is 2.29. The molecule has 1 aliphatic heterocycles. The summed E-state index contributed by atoms with van der Waals surface area (Å²) in [5.41, 5.74) is 0. The lowest BCUT2D eigenvalue weighted by molar-refractivity contribution is -0.141. The molecule has 4 nitrogen and oxygen atoms in total. The predicted molar refractivity (Wildman–Crippen MR) is 94.4 cm³/mol. The minimum Gasteiger partial charge on any atom is -0.481 e. The second kappa shape index (κ2) is 8.76. The highest BCUT2D eigenvalue weighted by atomic mass is 35.5. The van der Waals surface area contributed by atoms with E-state index in [-0.39, 0.29) is 11.9 Å². The zero-order valence-corrected chi connectivity index (χ0v) is 15.2. The molecule has 0 spiro atoms. The first-order chi connectivity index (χ1) is 11.0. The molecule has 1 heterocycles. The van der Waals surface area contributed by atoms with Crippen LogP contribution in [0.15, 0.2) is 18.2 Å². The zero-order chi connectivity index (χ0) is 16.8. The Morgan fingerprint density at radius 3 is 2.48 bits per heavy atom. The first-order valence-electron chi connectivity index (χ1n) is 8.15. The number of piperidine rings is 1. The van der Waals surface area contributed by atoms with Crippen molar-refractivity contribution in [3.8, 4) is 5.75 Å². The third-order valence-electron chi connectivity index (χ3n) is 3.99. The molecule has 1 saturated heterocycles. The summed E-state index contributed by atoms with van der Waals surface area (Å²) >= 11 is 12.0. The van der Waals surface area contributed by atoms with Gasteiger partial charge in [0.2, 0.25) is 0 Å². The van der Waals surface area contributed by atoms with E-state index >= 15 is 0 Å². The van der Waals surface area contributed by atoms with Crippen molar-refractivity contribution < 1.29 is 9.53 Å². The zero-order valence-electron chi connectivity index (χ0n) is 13.6. The molecule has 0 radical (unpaired) electrons. The van der Waals surface area contributed by atoms with Crippen LogP contribution in [0.25, 0.3) is 0 Å². The van der Waals surface area contributed by atoms with E-state index in [9.17, 15) is 4.79 Å². The van der Waals surface area contributed by atoms with Crippen LogP contribution in [0.3, 0.4) is 0 Å². The Bertz CT molecular complexity index is 513. The predicted octanol–water partition coefficient (Wildman–Crippen LogP) is 3.75. The second-order valence-corrected chi connectivity index (χ2v) is 6.75. The molecule has 1 aromatic carbocycles. The van der Waals surface area contributed by atoms with Crippen LogP contribution in [-0.2, 0) is 4.79 Å². The van der Waals surface area contributed by atoms with Gasteiger partial charge in [-0.25, -0.2) is 0 Å². The van der Waals surface area contributed by atoms with Crippen molar-refractivity contribution in [3.05, 3.63) is 28.2 Å². The van der Waals surface area contributed by atoms with E-state index < -0.39 is 6.10 Å². The Kier molecular flexibility index (Phi) is 7.00. The van der Waals surface area contributed by atoms with Gasteiger partial charge in [0, 0.05) is 22.6 Å². The fourth-order valence-corrected chi connectivity index (χ4v) is 3.42. The second-order valence-electron chi connectivity index (χ2n) is 5.88. The Labute approximate surface area is 148 Å². The van der Waals surface area contributed by atoms with Gasteiger partial charge in [-0.3, -0.25) is 4.79 Å². The van der Waals surface area contributed by atoms with Crippen molar-refractivity contribution in [2.45, 2.75) is 45.3 Å². The quantitative estimate of drug-likeness (QED) is 0.841. The third kappa shape index (κ3) is 5.27. The van der Waals surface area contributed by atoms with Crippen LogP contribution in [0.1, 0.15) is 33.1 Å². The molecule has 1 unspecified atom stereocenters. The Balaban J connectivity index is 2.05. The lowest BCUT2D eigenvalue weighted by atomic mass is 10.0. The van der Waals surface area contributed by atoms with Crippen LogP contribution in [-0.4, -0.2) is 42.6 Å². The molecule has 23 heavy (non-hydrogen) atoms. The van der Waals surface area contributed by atoms with Crippen molar-refractivity contribution >= 4 is 29.1 Å². The molecule has 0 aromatic heterocycles. The molecule has 0 aliphatic carbocycles. The van der Waals surface area contributed by atoms with Gasteiger partial charge in [-0.2, -0.15) is 0 Å². The lowest BCUT2D eigenvalue weighted by Crippen LogP contribution is -2.50. The molecule has 2 rings (SSSR count). The van der Waals surface area contributed by atoms with Crippen molar-refractivity contribution in [1.29, 1.82) is 0 Å². The van der Waals surface area contributed by atoms with E-state index in [1.165, 1.54) is 0 Å². The normalized spacial score (nSPS) is 16.9. The number of amides is 1. The monoisotopic (exact) mass is 358 g/mol. The van der Waals surface area contributed by atoms with Crippen molar-refractivity contribution in [2.75, 3.05) is 19.6 Å². The van der Waals surface area contributed by atoms with Gasteiger partial charge in [0.25, 0.3) is 5.91 Å². The molecule has 6 heteroatoms. The number of nitrogens with one attached hydrogen (secondary N) is 1. The van der Waals surface area contributed by atoms with E-state index in [0.29, 0.717) is 15.8 Å². The standard InChI is InChI=1S/C17H24Cl2N2O2/c1-3-8-21(15-4-6-20-7-5-15)17(22)12(2)23-16-10-13(18)9-14(19)11-16/h9-12,15,20H,3-8H2,1-2H3. The van der Waals surface area contributed by atoms with Crippen LogP contribution < -0.4 is 10.1 Å². The van der Waals surface area contributed by atoms with Gasteiger partial charge in [0.15, 0.2) is 6.10 Å². The average molecular weight is 359 g/mol. The van der Waals surface area contributed by atoms with E-state index in [2.05, 4.69) is 12.2 Å². The number of rotatable bonds is 6. The van der Waals surface area contributed by atoms with Gasteiger partial charge < -0.3 is 15.0 Å². The minimum absolute atomic E-state index is 0.0230. The number of hydrogen-bond acceptors (Lipinski definition) is 3. The number of carbonyl (C=O) groups is 1. The largest absolute Gasteiger partial charge is 0.481 e. The summed E-state index contributed by atoms with van der Waals surface area (Å²) < 4.78 is 5.78. The summed E-state index contributed by atoms with van der Waals surface area (Å²) in [6, 6.07) is 5.27. The number of carbonyl (C=O) groups excluding carboxylic acids is 1. The van der Waals surface area contributed by atoms with Crippen LogP contribution in [0, 0.1) is 0 Å². The minimum atomic E-state index is -0.564.